The van der Waals surface area contributed by atoms with E-state index in [1.807, 2.05) is 13.8 Å². The Labute approximate surface area is 166 Å². The summed E-state index contributed by atoms with van der Waals surface area (Å²) in [6.07, 6.45) is 0.408. The molecule has 6 nitrogen and oxygen atoms in total. The van der Waals surface area contributed by atoms with Crippen LogP contribution in [0.25, 0.3) is 0 Å². The highest BCUT2D eigenvalue weighted by atomic mass is 32.2. The third kappa shape index (κ3) is 6.77. The molecule has 0 aliphatic carbocycles. The van der Waals surface area contributed by atoms with E-state index in [0.29, 0.717) is 0 Å². The van der Waals surface area contributed by atoms with Gasteiger partial charge in [0.1, 0.15) is 0 Å². The fourth-order valence-electron chi connectivity index (χ4n) is 2.13. The van der Waals surface area contributed by atoms with Crippen molar-refractivity contribution in [2.24, 2.45) is 0 Å². The molecule has 0 radical (unpaired) electrons. The van der Waals surface area contributed by atoms with E-state index in [4.69, 9.17) is 8.37 Å². The van der Waals surface area contributed by atoms with Gasteiger partial charge in [-0.2, -0.15) is 16.8 Å². The Kier molecular flexibility index (Phi) is 7.78. The predicted molar refractivity (Wildman–Crippen MR) is 106 cm³/mol. The summed E-state index contributed by atoms with van der Waals surface area (Å²) in [5.74, 6) is 5.48. The average Bonchev–Trinajstić information content (AvgIpc) is 2.64. The molecule has 0 N–H and O–H groups in total. The average molecular weight is 423 g/mol. The third-order valence-corrected chi connectivity index (χ3v) is 6.33. The first-order chi connectivity index (χ1) is 13.2. The lowest BCUT2D eigenvalue weighted by atomic mass is 10.2. The van der Waals surface area contributed by atoms with Crippen LogP contribution in [0.5, 0.6) is 0 Å². The van der Waals surface area contributed by atoms with E-state index in [-0.39, 0.29) is 35.8 Å². The molecule has 2 aromatic rings. The standard InChI is InChI=1S/C20H22O6S2/c1-17-7-11-19(12-8-17)27(21,22)25-15-5-3-4-6-16-26-28(23,24)20-13-9-18(2)10-14-20/h7-14H,5-6,15-16H2,1-2H3. The first kappa shape index (κ1) is 22.1. The van der Waals surface area contributed by atoms with E-state index >= 15 is 0 Å². The van der Waals surface area contributed by atoms with Gasteiger partial charge in [0.25, 0.3) is 20.2 Å². The molecule has 150 valence electrons. The molecule has 0 heterocycles. The van der Waals surface area contributed by atoms with E-state index in [9.17, 15) is 16.8 Å². The lowest BCUT2D eigenvalue weighted by molar-refractivity contribution is 0.323. The second-order valence-electron chi connectivity index (χ2n) is 6.03. The molecular weight excluding hydrogens is 400 g/mol. The van der Waals surface area contributed by atoms with Crippen molar-refractivity contribution < 1.29 is 25.2 Å². The van der Waals surface area contributed by atoms with Gasteiger partial charge in [-0.05, 0) is 38.1 Å². The van der Waals surface area contributed by atoms with Crippen LogP contribution in [-0.4, -0.2) is 30.0 Å². The van der Waals surface area contributed by atoms with Crippen molar-refractivity contribution in [2.45, 2.75) is 36.5 Å². The molecule has 0 bridgehead atoms. The Bertz CT molecular complexity index is 957. The Morgan fingerprint density at radius 2 is 0.964 bits per heavy atom. The van der Waals surface area contributed by atoms with E-state index in [1.165, 1.54) is 24.3 Å². The zero-order valence-electron chi connectivity index (χ0n) is 15.7. The molecule has 8 heteroatoms. The van der Waals surface area contributed by atoms with Crippen molar-refractivity contribution in [3.8, 4) is 11.8 Å². The van der Waals surface area contributed by atoms with Crippen LogP contribution in [0.4, 0.5) is 0 Å². The minimum atomic E-state index is -3.80. The van der Waals surface area contributed by atoms with Gasteiger partial charge in [0.05, 0.1) is 23.0 Å². The summed E-state index contributed by atoms with van der Waals surface area (Å²) < 4.78 is 57.8. The fraction of sp³-hybridized carbons (Fsp3) is 0.300. The van der Waals surface area contributed by atoms with Gasteiger partial charge in [-0.25, -0.2) is 0 Å². The summed E-state index contributed by atoms with van der Waals surface area (Å²) in [5, 5.41) is 0. The van der Waals surface area contributed by atoms with Gasteiger partial charge in [-0.3, -0.25) is 8.37 Å². The van der Waals surface area contributed by atoms with Crippen molar-refractivity contribution in [1.82, 2.24) is 0 Å². The Hall–Kier alpha value is -2.18. The minimum absolute atomic E-state index is 0.0776. The number of benzene rings is 2. The summed E-state index contributed by atoms with van der Waals surface area (Å²) in [6, 6.07) is 12.7. The Balaban J connectivity index is 1.72. The summed E-state index contributed by atoms with van der Waals surface area (Å²) >= 11 is 0. The van der Waals surface area contributed by atoms with Gasteiger partial charge < -0.3 is 0 Å². The molecule has 2 rings (SSSR count). The van der Waals surface area contributed by atoms with Crippen molar-refractivity contribution in [2.75, 3.05) is 13.2 Å². The van der Waals surface area contributed by atoms with Crippen molar-refractivity contribution in [1.29, 1.82) is 0 Å². The van der Waals surface area contributed by atoms with Gasteiger partial charge in [-0.1, -0.05) is 35.4 Å². The van der Waals surface area contributed by atoms with Crippen molar-refractivity contribution in [3.63, 3.8) is 0 Å². The largest absolute Gasteiger partial charge is 0.297 e. The van der Waals surface area contributed by atoms with Gasteiger partial charge in [0.15, 0.2) is 0 Å². The fourth-order valence-corrected chi connectivity index (χ4v) is 3.94. The number of hydrogen-bond acceptors (Lipinski definition) is 6. The van der Waals surface area contributed by atoms with Gasteiger partial charge in [0, 0.05) is 12.8 Å². The Morgan fingerprint density at radius 1 is 0.643 bits per heavy atom. The van der Waals surface area contributed by atoms with Crippen LogP contribution in [0.3, 0.4) is 0 Å². The highest BCUT2D eigenvalue weighted by Gasteiger charge is 2.15. The SMILES string of the molecule is Cc1ccc(S(=O)(=O)OCCC#CCCOS(=O)(=O)c2ccc(C)cc2)cc1. The molecule has 0 aliphatic heterocycles. The summed E-state index contributed by atoms with van der Waals surface area (Å²) in [5.41, 5.74) is 1.91. The Morgan fingerprint density at radius 3 is 1.29 bits per heavy atom. The molecule has 0 atom stereocenters. The van der Waals surface area contributed by atoms with Crippen LogP contribution < -0.4 is 0 Å². The molecule has 0 aliphatic rings. The normalized spacial score (nSPS) is 11.6. The molecular formula is C20H22O6S2. The highest BCUT2D eigenvalue weighted by Crippen LogP contribution is 2.14. The van der Waals surface area contributed by atoms with Gasteiger partial charge in [0.2, 0.25) is 0 Å². The minimum Gasteiger partial charge on any atom is -0.265 e. The maximum Gasteiger partial charge on any atom is 0.297 e. The zero-order chi connectivity index (χ0) is 20.6. The van der Waals surface area contributed by atoms with Crippen molar-refractivity contribution in [3.05, 3.63) is 59.7 Å². The van der Waals surface area contributed by atoms with Crippen LogP contribution in [0.15, 0.2) is 58.3 Å². The maximum absolute atomic E-state index is 12.0. The predicted octanol–water partition coefficient (Wildman–Crippen LogP) is 3.20. The molecule has 0 spiro atoms. The molecule has 0 amide bonds. The van der Waals surface area contributed by atoms with Crippen LogP contribution in [0.1, 0.15) is 24.0 Å². The maximum atomic E-state index is 12.0. The van der Waals surface area contributed by atoms with Crippen molar-refractivity contribution >= 4 is 20.2 Å². The molecule has 0 unspecified atom stereocenters. The summed E-state index contributed by atoms with van der Waals surface area (Å²) in [6.45, 7) is 3.57. The second kappa shape index (κ2) is 9.85. The van der Waals surface area contributed by atoms with Crippen LogP contribution in [0.2, 0.25) is 0 Å². The lowest BCUT2D eigenvalue weighted by Crippen LogP contribution is -2.07. The summed E-state index contributed by atoms with van der Waals surface area (Å²) in [7, 11) is -7.60. The quantitative estimate of drug-likeness (QED) is 0.369. The topological polar surface area (TPSA) is 86.7 Å². The van der Waals surface area contributed by atoms with Gasteiger partial charge >= 0.3 is 0 Å². The molecule has 2 aromatic carbocycles. The van der Waals surface area contributed by atoms with E-state index in [2.05, 4.69) is 11.8 Å². The van der Waals surface area contributed by atoms with Gasteiger partial charge in [-0.15, -0.1) is 11.8 Å². The summed E-state index contributed by atoms with van der Waals surface area (Å²) in [4.78, 5) is 0.196. The van der Waals surface area contributed by atoms with Crippen LogP contribution in [0, 0.1) is 25.7 Å². The molecule has 0 fully saturated rings. The molecule has 0 saturated heterocycles. The molecule has 28 heavy (non-hydrogen) atoms. The van der Waals surface area contributed by atoms with Crippen LogP contribution in [-0.2, 0) is 28.6 Å². The highest BCUT2D eigenvalue weighted by molar-refractivity contribution is 7.87. The number of aryl methyl sites for hydroxylation is 2. The number of rotatable bonds is 8. The van der Waals surface area contributed by atoms with E-state index < -0.39 is 20.2 Å². The smallest absolute Gasteiger partial charge is 0.265 e. The van der Waals surface area contributed by atoms with E-state index in [0.717, 1.165) is 11.1 Å². The molecule has 0 saturated carbocycles. The first-order valence-electron chi connectivity index (χ1n) is 8.59. The van der Waals surface area contributed by atoms with Crippen LogP contribution >= 0.6 is 0 Å². The first-order valence-corrected chi connectivity index (χ1v) is 11.4. The second-order valence-corrected chi connectivity index (χ2v) is 9.26. The molecule has 0 aromatic heterocycles. The monoisotopic (exact) mass is 422 g/mol. The zero-order valence-corrected chi connectivity index (χ0v) is 17.3. The number of hydrogen-bond donors (Lipinski definition) is 0. The third-order valence-electron chi connectivity index (χ3n) is 3.68. The van der Waals surface area contributed by atoms with E-state index in [1.54, 1.807) is 24.3 Å². The lowest BCUT2D eigenvalue weighted by Gasteiger charge is -2.04.